The van der Waals surface area contributed by atoms with Gasteiger partial charge in [-0.1, -0.05) is 48.9 Å². The van der Waals surface area contributed by atoms with E-state index in [0.717, 1.165) is 27.9 Å². The number of nitrogens with zero attached hydrogens (tertiary/aromatic N) is 1. The molecule has 0 amide bonds. The highest BCUT2D eigenvalue weighted by atomic mass is 35.5. The molecule has 27 heavy (non-hydrogen) atoms. The van der Waals surface area contributed by atoms with Gasteiger partial charge in [0.2, 0.25) is 0 Å². The molecule has 4 nitrogen and oxygen atoms in total. The van der Waals surface area contributed by atoms with Gasteiger partial charge in [-0.15, -0.1) is 12.4 Å². The van der Waals surface area contributed by atoms with Crippen LogP contribution in [0.25, 0.3) is 22.2 Å². The van der Waals surface area contributed by atoms with E-state index < -0.39 is 6.10 Å². The Kier molecular flexibility index (Phi) is 6.67. The molecule has 0 bridgehead atoms. The number of benzene rings is 2. The first-order valence-electron chi connectivity index (χ1n) is 9.29. The van der Waals surface area contributed by atoms with Gasteiger partial charge >= 0.3 is 0 Å². The lowest BCUT2D eigenvalue weighted by atomic mass is 9.93. The number of aromatic nitrogens is 1. The van der Waals surface area contributed by atoms with Crippen molar-refractivity contribution in [1.82, 2.24) is 10.3 Å². The number of hydrogen-bond acceptors (Lipinski definition) is 4. The van der Waals surface area contributed by atoms with E-state index in [1.54, 1.807) is 0 Å². The molecule has 3 aromatic rings. The average molecular weight is 385 g/mol. The minimum Gasteiger partial charge on any atom is -0.490 e. The van der Waals surface area contributed by atoms with Gasteiger partial charge in [0.15, 0.2) is 0 Å². The number of halogens is 1. The van der Waals surface area contributed by atoms with E-state index in [-0.39, 0.29) is 19.0 Å². The highest BCUT2D eigenvalue weighted by Gasteiger charge is 2.18. The summed E-state index contributed by atoms with van der Waals surface area (Å²) >= 11 is 0. The third-order valence-electron chi connectivity index (χ3n) is 4.93. The van der Waals surface area contributed by atoms with Crippen molar-refractivity contribution in [3.63, 3.8) is 0 Å². The molecule has 1 aliphatic carbocycles. The molecule has 2 aromatic carbocycles. The number of pyridine rings is 1. The minimum atomic E-state index is -0.525. The molecule has 1 fully saturated rings. The van der Waals surface area contributed by atoms with Gasteiger partial charge in [0, 0.05) is 29.6 Å². The largest absolute Gasteiger partial charge is 0.490 e. The lowest BCUT2D eigenvalue weighted by molar-refractivity contribution is 0.100. The van der Waals surface area contributed by atoms with Gasteiger partial charge in [-0.25, -0.2) is 4.98 Å². The van der Waals surface area contributed by atoms with Crippen molar-refractivity contribution in [2.45, 2.75) is 31.4 Å². The average Bonchev–Trinajstić information content (AvgIpc) is 2.65. The molecule has 0 radical (unpaired) electrons. The fraction of sp³-hybridized carbons (Fsp3) is 0.318. The molecule has 0 spiro atoms. The molecule has 1 aromatic heterocycles. The number of para-hydroxylation sites is 1. The van der Waals surface area contributed by atoms with E-state index in [0.29, 0.717) is 12.6 Å². The number of aliphatic hydroxyl groups excluding tert-OH is 1. The van der Waals surface area contributed by atoms with Gasteiger partial charge in [0.05, 0.1) is 11.2 Å². The SMILES string of the molecule is Cl.OC(CNC1CCC1)COc1cc(-c2ccccc2)nc2ccccc12. The van der Waals surface area contributed by atoms with Crippen LogP contribution in [0.15, 0.2) is 60.7 Å². The smallest absolute Gasteiger partial charge is 0.131 e. The second-order valence-electron chi connectivity index (χ2n) is 6.89. The molecule has 1 heterocycles. The van der Waals surface area contributed by atoms with Crippen LogP contribution in [0.1, 0.15) is 19.3 Å². The second-order valence-corrected chi connectivity index (χ2v) is 6.89. The first kappa shape index (κ1) is 19.6. The van der Waals surface area contributed by atoms with E-state index in [1.165, 1.54) is 19.3 Å². The Morgan fingerprint density at radius 1 is 1.07 bits per heavy atom. The maximum Gasteiger partial charge on any atom is 0.131 e. The summed E-state index contributed by atoms with van der Waals surface area (Å²) in [6, 6.07) is 20.6. The number of hydrogen-bond donors (Lipinski definition) is 2. The Morgan fingerprint density at radius 3 is 2.56 bits per heavy atom. The van der Waals surface area contributed by atoms with Crippen molar-refractivity contribution < 1.29 is 9.84 Å². The number of ether oxygens (including phenoxy) is 1. The second kappa shape index (κ2) is 9.18. The van der Waals surface area contributed by atoms with Crippen LogP contribution in [0.2, 0.25) is 0 Å². The van der Waals surface area contributed by atoms with Crippen LogP contribution in [0.3, 0.4) is 0 Å². The number of rotatable bonds is 7. The van der Waals surface area contributed by atoms with Crippen LogP contribution < -0.4 is 10.1 Å². The van der Waals surface area contributed by atoms with E-state index in [2.05, 4.69) is 5.32 Å². The molecule has 4 rings (SSSR count). The Hall–Kier alpha value is -2.14. The van der Waals surface area contributed by atoms with Gasteiger partial charge in [0.1, 0.15) is 18.5 Å². The van der Waals surface area contributed by atoms with Gasteiger partial charge in [-0.05, 0) is 25.0 Å². The molecule has 2 N–H and O–H groups in total. The molecule has 5 heteroatoms. The van der Waals surface area contributed by atoms with Crippen LogP contribution in [0, 0.1) is 0 Å². The summed E-state index contributed by atoms with van der Waals surface area (Å²) in [5, 5.41) is 14.6. The van der Waals surface area contributed by atoms with Crippen molar-refractivity contribution in [1.29, 1.82) is 0 Å². The summed E-state index contributed by atoms with van der Waals surface area (Å²) in [5.74, 6) is 0.761. The number of nitrogens with one attached hydrogen (secondary N) is 1. The Balaban J connectivity index is 0.00000210. The first-order valence-corrected chi connectivity index (χ1v) is 9.29. The Bertz CT molecular complexity index is 869. The summed E-state index contributed by atoms with van der Waals surface area (Å²) in [6.45, 7) is 0.835. The lowest BCUT2D eigenvalue weighted by Gasteiger charge is -2.27. The quantitative estimate of drug-likeness (QED) is 0.640. The van der Waals surface area contributed by atoms with E-state index in [4.69, 9.17) is 9.72 Å². The number of fused-ring (bicyclic) bond motifs is 1. The normalized spacial score (nSPS) is 15.0. The standard InChI is InChI=1S/C22H24N2O2.ClH/c25-18(14-23-17-9-6-10-17)15-26-22-13-21(16-7-2-1-3-8-16)24-20-12-5-4-11-19(20)22;/h1-5,7-8,11-13,17-18,23,25H,6,9-10,14-15H2;1H. The first-order chi connectivity index (χ1) is 12.8. The van der Waals surface area contributed by atoms with Crippen molar-refractivity contribution in [3.8, 4) is 17.0 Å². The zero-order chi connectivity index (χ0) is 17.8. The van der Waals surface area contributed by atoms with E-state index in [9.17, 15) is 5.11 Å². The molecule has 0 saturated heterocycles. The summed E-state index contributed by atoms with van der Waals surface area (Å²) in [4.78, 5) is 4.76. The molecule has 1 aliphatic rings. The third kappa shape index (κ3) is 4.78. The van der Waals surface area contributed by atoms with Crippen LogP contribution >= 0.6 is 12.4 Å². The summed E-state index contributed by atoms with van der Waals surface area (Å²) in [6.07, 6.45) is 3.18. The third-order valence-corrected chi connectivity index (χ3v) is 4.93. The van der Waals surface area contributed by atoms with Gasteiger partial charge < -0.3 is 15.2 Å². The zero-order valence-corrected chi connectivity index (χ0v) is 16.0. The van der Waals surface area contributed by atoms with Crippen LogP contribution in [0.4, 0.5) is 0 Å². The molecule has 1 saturated carbocycles. The highest BCUT2D eigenvalue weighted by molar-refractivity contribution is 5.87. The van der Waals surface area contributed by atoms with Crippen LogP contribution in [0.5, 0.6) is 5.75 Å². The summed E-state index contributed by atoms with van der Waals surface area (Å²) in [5.41, 5.74) is 2.82. The van der Waals surface area contributed by atoms with E-state index in [1.807, 2.05) is 60.7 Å². The predicted octanol–water partition coefficient (Wildman–Crippen LogP) is 4.21. The highest BCUT2D eigenvalue weighted by Crippen LogP contribution is 2.30. The predicted molar refractivity (Wildman–Crippen MR) is 112 cm³/mol. The monoisotopic (exact) mass is 384 g/mol. The van der Waals surface area contributed by atoms with Crippen molar-refractivity contribution in [3.05, 3.63) is 60.7 Å². The van der Waals surface area contributed by atoms with Crippen LogP contribution in [-0.2, 0) is 0 Å². The zero-order valence-electron chi connectivity index (χ0n) is 15.2. The summed E-state index contributed by atoms with van der Waals surface area (Å²) in [7, 11) is 0. The van der Waals surface area contributed by atoms with Gasteiger partial charge in [0.25, 0.3) is 0 Å². The van der Waals surface area contributed by atoms with Crippen LogP contribution in [-0.4, -0.2) is 35.4 Å². The molecular formula is C22H25ClN2O2. The van der Waals surface area contributed by atoms with E-state index >= 15 is 0 Å². The lowest BCUT2D eigenvalue weighted by Crippen LogP contribution is -2.41. The summed E-state index contributed by atoms with van der Waals surface area (Å²) < 4.78 is 6.00. The fourth-order valence-corrected chi connectivity index (χ4v) is 3.18. The van der Waals surface area contributed by atoms with Crippen molar-refractivity contribution in [2.24, 2.45) is 0 Å². The van der Waals surface area contributed by atoms with Crippen molar-refractivity contribution in [2.75, 3.05) is 13.2 Å². The number of aliphatic hydroxyl groups is 1. The molecule has 0 aliphatic heterocycles. The maximum atomic E-state index is 10.2. The Morgan fingerprint density at radius 2 is 1.81 bits per heavy atom. The Labute approximate surface area is 166 Å². The van der Waals surface area contributed by atoms with Crippen molar-refractivity contribution >= 4 is 23.3 Å². The van der Waals surface area contributed by atoms with Gasteiger partial charge in [-0.2, -0.15) is 0 Å². The molecule has 1 atom stereocenters. The topological polar surface area (TPSA) is 54.4 Å². The molecular weight excluding hydrogens is 360 g/mol. The maximum absolute atomic E-state index is 10.2. The van der Waals surface area contributed by atoms with Gasteiger partial charge in [-0.3, -0.25) is 0 Å². The minimum absolute atomic E-state index is 0. The molecule has 142 valence electrons. The fourth-order valence-electron chi connectivity index (χ4n) is 3.18. The molecule has 1 unspecified atom stereocenters.